The molecule has 0 amide bonds. The molecule has 0 saturated carbocycles. The van der Waals surface area contributed by atoms with E-state index in [2.05, 4.69) is 198 Å². The number of rotatable bonds is 4. The van der Waals surface area contributed by atoms with E-state index < -0.39 is 0 Å². The molecule has 0 N–H and O–H groups in total. The van der Waals surface area contributed by atoms with Gasteiger partial charge in [0.2, 0.25) is 0 Å². The van der Waals surface area contributed by atoms with Crippen molar-refractivity contribution >= 4 is 72.0 Å². The van der Waals surface area contributed by atoms with Crippen molar-refractivity contribution in [1.82, 2.24) is 4.57 Å². The summed E-state index contributed by atoms with van der Waals surface area (Å²) in [6.45, 7) is 2.28. The Bertz CT molecular complexity index is 3030. The normalized spacial score (nSPS) is 16.6. The number of aromatic nitrogens is 1. The molecule has 2 bridgehead atoms. The Balaban J connectivity index is 1.15. The van der Waals surface area contributed by atoms with Gasteiger partial charge in [-0.1, -0.05) is 128 Å². The predicted molar refractivity (Wildman–Crippen MR) is 228 cm³/mol. The number of hydrogen-bond acceptors (Lipinski definition) is 2. The summed E-state index contributed by atoms with van der Waals surface area (Å²) in [7, 11) is 0. The van der Waals surface area contributed by atoms with Gasteiger partial charge in [0.1, 0.15) is 11.2 Å². The van der Waals surface area contributed by atoms with Gasteiger partial charge < -0.3 is 13.9 Å². The summed E-state index contributed by atoms with van der Waals surface area (Å²) in [6.07, 6.45) is 18.8. The maximum Gasteiger partial charge on any atom is 0.143 e. The topological polar surface area (TPSA) is 21.3 Å². The molecule has 3 aliphatic rings. The van der Waals surface area contributed by atoms with E-state index >= 15 is 0 Å². The number of fused-ring (bicyclic) bond motifs is 10. The highest BCUT2D eigenvalue weighted by molar-refractivity contribution is 6.14. The third-order valence-corrected chi connectivity index (χ3v) is 11.4. The molecule has 3 heterocycles. The lowest BCUT2D eigenvalue weighted by Gasteiger charge is -2.35. The molecule has 54 heavy (non-hydrogen) atoms. The van der Waals surface area contributed by atoms with Crippen LogP contribution in [0.5, 0.6) is 0 Å². The Hall–Kier alpha value is -6.84. The molecule has 3 nitrogen and oxygen atoms in total. The zero-order valence-corrected chi connectivity index (χ0v) is 29.9. The number of allylic oxidation sites excluding steroid dienone is 11. The standard InChI is InChI=1S/C51H36N2O/c1-33-14-4-2-7-20-46(33)53-48-22-12-9-18-41(48)42-27-26-36(32-49(42)53)44-30-37(31-45-43-19-10-13-23-50(43)54-51(44)45)34-24-25-35-29-39(28-34)52(38-15-5-3-6-16-38)47-21-11-8-17-40(35)47/h2-28,30-33H,29H2,1H3. The van der Waals surface area contributed by atoms with Gasteiger partial charge in [-0.3, -0.25) is 0 Å². The SMILES string of the molecule is CC1C=CC=CC=C1n1c2ccccc2c2ccc(-c3cc(C4=CC=C5CC(=C4)N(c4ccccc4)c4ccccc45)cc4c3oc3ccccc34)cc21. The highest BCUT2D eigenvalue weighted by Crippen LogP contribution is 2.47. The van der Waals surface area contributed by atoms with Gasteiger partial charge in [-0.2, -0.15) is 0 Å². The molecule has 0 spiro atoms. The van der Waals surface area contributed by atoms with Crippen molar-refractivity contribution in [3.8, 4) is 11.1 Å². The van der Waals surface area contributed by atoms with Gasteiger partial charge >= 0.3 is 0 Å². The molecule has 0 saturated heterocycles. The highest BCUT2D eigenvalue weighted by Gasteiger charge is 2.28. The van der Waals surface area contributed by atoms with E-state index in [-0.39, 0.29) is 5.92 Å². The minimum absolute atomic E-state index is 0.249. The van der Waals surface area contributed by atoms with Gasteiger partial charge in [-0.25, -0.2) is 0 Å². The molecule has 256 valence electrons. The first-order chi connectivity index (χ1) is 26.7. The first kappa shape index (κ1) is 30.8. The van der Waals surface area contributed by atoms with Crippen LogP contribution in [0.4, 0.5) is 11.4 Å². The fourth-order valence-corrected chi connectivity index (χ4v) is 8.81. The highest BCUT2D eigenvalue weighted by atomic mass is 16.3. The maximum absolute atomic E-state index is 6.75. The minimum atomic E-state index is 0.249. The third kappa shape index (κ3) is 4.75. The molecule has 6 aromatic carbocycles. The fourth-order valence-electron chi connectivity index (χ4n) is 8.81. The Morgan fingerprint density at radius 1 is 0.593 bits per heavy atom. The van der Waals surface area contributed by atoms with E-state index in [1.54, 1.807) is 0 Å². The van der Waals surface area contributed by atoms with Crippen LogP contribution in [-0.4, -0.2) is 4.57 Å². The lowest BCUT2D eigenvalue weighted by atomic mass is 9.92. The van der Waals surface area contributed by atoms with Gasteiger partial charge in [-0.05, 0) is 83.0 Å². The molecule has 1 atom stereocenters. The van der Waals surface area contributed by atoms with Crippen molar-refractivity contribution in [2.75, 3.05) is 4.90 Å². The lowest BCUT2D eigenvalue weighted by molar-refractivity contribution is 0.670. The zero-order chi connectivity index (χ0) is 35.8. The van der Waals surface area contributed by atoms with Crippen LogP contribution >= 0.6 is 0 Å². The van der Waals surface area contributed by atoms with Gasteiger partial charge in [0.05, 0.1) is 16.7 Å². The van der Waals surface area contributed by atoms with Crippen molar-refractivity contribution in [2.45, 2.75) is 13.3 Å². The molecule has 11 rings (SSSR count). The first-order valence-electron chi connectivity index (χ1n) is 18.8. The molecule has 2 aromatic heterocycles. The van der Waals surface area contributed by atoms with Crippen molar-refractivity contribution in [3.63, 3.8) is 0 Å². The monoisotopic (exact) mass is 692 g/mol. The summed E-state index contributed by atoms with van der Waals surface area (Å²) in [5.41, 5.74) is 16.3. The van der Waals surface area contributed by atoms with E-state index in [0.717, 1.165) is 45.0 Å². The maximum atomic E-state index is 6.75. The molecule has 2 aliphatic carbocycles. The van der Waals surface area contributed by atoms with E-state index in [4.69, 9.17) is 4.42 Å². The molecule has 3 heteroatoms. The Kier molecular flexibility index (Phi) is 6.90. The summed E-state index contributed by atoms with van der Waals surface area (Å²) in [4.78, 5) is 2.43. The predicted octanol–water partition coefficient (Wildman–Crippen LogP) is 13.9. The number of nitrogens with zero attached hydrogens (tertiary/aromatic N) is 2. The molecule has 1 unspecified atom stereocenters. The fraction of sp³-hybridized carbons (Fsp3) is 0.0588. The zero-order valence-electron chi connectivity index (χ0n) is 29.9. The average Bonchev–Trinajstić information content (AvgIpc) is 3.58. The summed E-state index contributed by atoms with van der Waals surface area (Å²) < 4.78 is 9.21. The van der Waals surface area contributed by atoms with Crippen molar-refractivity contribution < 1.29 is 4.42 Å². The second-order valence-electron chi connectivity index (χ2n) is 14.5. The van der Waals surface area contributed by atoms with Crippen LogP contribution in [0.25, 0.3) is 71.7 Å². The van der Waals surface area contributed by atoms with Crippen molar-refractivity contribution in [3.05, 3.63) is 199 Å². The molecule has 0 radical (unpaired) electrons. The minimum Gasteiger partial charge on any atom is -0.455 e. The number of anilines is 2. The van der Waals surface area contributed by atoms with E-state index in [9.17, 15) is 0 Å². The smallest absolute Gasteiger partial charge is 0.143 e. The molecular weight excluding hydrogens is 657 g/mol. The number of hydrogen-bond donors (Lipinski definition) is 0. The van der Waals surface area contributed by atoms with Gasteiger partial charge in [0.25, 0.3) is 0 Å². The Labute approximate surface area is 314 Å². The van der Waals surface area contributed by atoms with Crippen LogP contribution in [0.15, 0.2) is 192 Å². The van der Waals surface area contributed by atoms with Crippen LogP contribution < -0.4 is 4.90 Å². The van der Waals surface area contributed by atoms with Crippen LogP contribution in [0.1, 0.15) is 24.5 Å². The largest absolute Gasteiger partial charge is 0.455 e. The Morgan fingerprint density at radius 3 is 2.31 bits per heavy atom. The van der Waals surface area contributed by atoms with Gasteiger partial charge in [0, 0.05) is 62.1 Å². The number of furan rings is 1. The quantitative estimate of drug-likeness (QED) is 0.183. The van der Waals surface area contributed by atoms with Gasteiger partial charge in [0.15, 0.2) is 0 Å². The molecular formula is C51H36N2O. The van der Waals surface area contributed by atoms with Crippen LogP contribution in [0.3, 0.4) is 0 Å². The lowest BCUT2D eigenvalue weighted by Crippen LogP contribution is -2.22. The molecule has 1 aliphatic heterocycles. The van der Waals surface area contributed by atoms with Gasteiger partial charge in [-0.15, -0.1) is 0 Å². The van der Waals surface area contributed by atoms with E-state index in [1.807, 2.05) is 0 Å². The summed E-state index contributed by atoms with van der Waals surface area (Å²) in [5.74, 6) is 0.249. The summed E-state index contributed by atoms with van der Waals surface area (Å²) in [5, 5.41) is 4.74. The van der Waals surface area contributed by atoms with Crippen LogP contribution in [0.2, 0.25) is 0 Å². The van der Waals surface area contributed by atoms with E-state index in [1.165, 1.54) is 61.3 Å². The molecule has 0 fully saturated rings. The van der Waals surface area contributed by atoms with E-state index in [0.29, 0.717) is 0 Å². The second kappa shape index (κ2) is 12.1. The average molecular weight is 693 g/mol. The molecule has 8 aromatic rings. The van der Waals surface area contributed by atoms with Crippen molar-refractivity contribution in [2.24, 2.45) is 5.92 Å². The Morgan fingerprint density at radius 2 is 1.39 bits per heavy atom. The van der Waals surface area contributed by atoms with Crippen LogP contribution in [-0.2, 0) is 0 Å². The number of para-hydroxylation sites is 4. The first-order valence-corrected chi connectivity index (χ1v) is 18.8. The second-order valence-corrected chi connectivity index (χ2v) is 14.5. The third-order valence-electron chi connectivity index (χ3n) is 11.4. The summed E-state index contributed by atoms with van der Waals surface area (Å²) in [6, 6.07) is 48.3. The van der Waals surface area contributed by atoms with Crippen LogP contribution in [0, 0.1) is 5.92 Å². The number of benzene rings is 6. The van der Waals surface area contributed by atoms with Crippen molar-refractivity contribution in [1.29, 1.82) is 0 Å². The summed E-state index contributed by atoms with van der Waals surface area (Å²) >= 11 is 0.